The fourth-order valence-corrected chi connectivity index (χ4v) is 2.81. The van der Waals surface area contributed by atoms with Crippen LogP contribution < -0.4 is 15.4 Å². The first-order valence-corrected chi connectivity index (χ1v) is 7.88. The molecule has 0 aromatic heterocycles. The molecule has 0 saturated heterocycles. The number of anilines is 1. The molecule has 0 atom stereocenters. The highest BCUT2D eigenvalue weighted by Crippen LogP contribution is 2.28. The second-order valence-electron chi connectivity index (χ2n) is 5.75. The van der Waals surface area contributed by atoms with E-state index in [0.717, 1.165) is 6.42 Å². The summed E-state index contributed by atoms with van der Waals surface area (Å²) in [6.45, 7) is 0.000704. The van der Waals surface area contributed by atoms with Crippen molar-refractivity contribution >= 4 is 17.5 Å². The molecule has 1 aliphatic carbocycles. The van der Waals surface area contributed by atoms with Crippen LogP contribution in [0.4, 0.5) is 5.69 Å². The largest absolute Gasteiger partial charge is 0.497 e. The summed E-state index contributed by atoms with van der Waals surface area (Å²) in [6.07, 6.45) is 6.50. The zero-order chi connectivity index (χ0) is 15.8. The van der Waals surface area contributed by atoms with E-state index < -0.39 is 0 Å². The number of amides is 2. The van der Waals surface area contributed by atoms with E-state index in [0.29, 0.717) is 23.8 Å². The van der Waals surface area contributed by atoms with Crippen LogP contribution in [0.5, 0.6) is 5.75 Å². The molecular weight excluding hydrogens is 280 g/mol. The second kappa shape index (κ2) is 8.41. The van der Waals surface area contributed by atoms with Crippen LogP contribution in [-0.4, -0.2) is 25.5 Å². The average Bonchev–Trinajstić information content (AvgIpc) is 3.04. The van der Waals surface area contributed by atoms with E-state index in [9.17, 15) is 9.59 Å². The quantitative estimate of drug-likeness (QED) is 0.814. The monoisotopic (exact) mass is 304 g/mol. The van der Waals surface area contributed by atoms with Crippen molar-refractivity contribution < 1.29 is 14.3 Å². The van der Waals surface area contributed by atoms with Crippen molar-refractivity contribution in [3.63, 3.8) is 0 Å². The Hall–Kier alpha value is -2.04. The van der Waals surface area contributed by atoms with Crippen molar-refractivity contribution in [2.75, 3.05) is 19.0 Å². The van der Waals surface area contributed by atoms with E-state index in [2.05, 4.69) is 10.6 Å². The van der Waals surface area contributed by atoms with Crippen molar-refractivity contribution in [2.24, 2.45) is 5.92 Å². The Balaban J connectivity index is 1.66. The molecule has 5 heteroatoms. The highest BCUT2D eigenvalue weighted by molar-refractivity contribution is 5.94. The first kappa shape index (κ1) is 16.3. The third-order valence-electron chi connectivity index (χ3n) is 4.05. The Morgan fingerprint density at radius 2 is 2.00 bits per heavy atom. The number of nitrogens with one attached hydrogen (secondary N) is 2. The first-order valence-electron chi connectivity index (χ1n) is 7.88. The van der Waals surface area contributed by atoms with Crippen LogP contribution in [0.1, 0.15) is 38.5 Å². The molecule has 2 N–H and O–H groups in total. The Morgan fingerprint density at radius 3 is 2.73 bits per heavy atom. The molecule has 1 aromatic rings. The SMILES string of the molecule is COc1cccc(NC(=O)CNC(=O)CCC2CCCC2)c1. The standard InChI is InChI=1S/C17H24N2O3/c1-22-15-8-4-7-14(11-15)19-17(21)12-18-16(20)10-9-13-5-2-3-6-13/h4,7-8,11,13H,2-3,5-6,9-10,12H2,1H3,(H,18,20)(H,19,21). The van der Waals surface area contributed by atoms with E-state index in [4.69, 9.17) is 4.74 Å². The van der Waals surface area contributed by atoms with Gasteiger partial charge in [-0.15, -0.1) is 0 Å². The minimum Gasteiger partial charge on any atom is -0.497 e. The molecule has 0 radical (unpaired) electrons. The maximum atomic E-state index is 11.8. The maximum absolute atomic E-state index is 11.8. The molecule has 22 heavy (non-hydrogen) atoms. The van der Waals surface area contributed by atoms with E-state index in [1.165, 1.54) is 25.7 Å². The Labute approximate surface area is 131 Å². The molecule has 1 aromatic carbocycles. The lowest BCUT2D eigenvalue weighted by molar-refractivity contribution is -0.124. The minimum absolute atomic E-state index is 0.000704. The molecule has 0 spiro atoms. The molecule has 5 nitrogen and oxygen atoms in total. The van der Waals surface area contributed by atoms with Crippen molar-refractivity contribution in [3.8, 4) is 5.75 Å². The number of rotatable bonds is 7. The zero-order valence-electron chi connectivity index (χ0n) is 13.1. The fourth-order valence-electron chi connectivity index (χ4n) is 2.81. The van der Waals surface area contributed by atoms with Crippen LogP contribution in [0.2, 0.25) is 0 Å². The third-order valence-corrected chi connectivity index (χ3v) is 4.05. The van der Waals surface area contributed by atoms with Gasteiger partial charge in [0.1, 0.15) is 5.75 Å². The third kappa shape index (κ3) is 5.39. The Kier molecular flexibility index (Phi) is 6.25. The first-order chi connectivity index (χ1) is 10.7. The molecule has 0 bridgehead atoms. The van der Waals surface area contributed by atoms with Gasteiger partial charge in [0.15, 0.2) is 0 Å². The molecule has 1 saturated carbocycles. The van der Waals surface area contributed by atoms with Crippen LogP contribution in [0, 0.1) is 5.92 Å². The predicted molar refractivity (Wildman–Crippen MR) is 85.8 cm³/mol. The van der Waals surface area contributed by atoms with E-state index >= 15 is 0 Å². The summed E-state index contributed by atoms with van der Waals surface area (Å²) >= 11 is 0. The Bertz CT molecular complexity index is 510. The van der Waals surface area contributed by atoms with Gasteiger partial charge in [0, 0.05) is 18.2 Å². The highest BCUT2D eigenvalue weighted by atomic mass is 16.5. The van der Waals surface area contributed by atoms with Crippen LogP contribution in [0.25, 0.3) is 0 Å². The van der Waals surface area contributed by atoms with Gasteiger partial charge in [-0.3, -0.25) is 9.59 Å². The van der Waals surface area contributed by atoms with Crippen molar-refractivity contribution in [2.45, 2.75) is 38.5 Å². The molecule has 1 fully saturated rings. The van der Waals surface area contributed by atoms with E-state index in [1.807, 2.05) is 0 Å². The van der Waals surface area contributed by atoms with Gasteiger partial charge in [0.2, 0.25) is 11.8 Å². The number of ether oxygens (including phenoxy) is 1. The van der Waals surface area contributed by atoms with Crippen LogP contribution in [0.3, 0.4) is 0 Å². The highest BCUT2D eigenvalue weighted by Gasteiger charge is 2.16. The zero-order valence-corrected chi connectivity index (χ0v) is 13.1. The summed E-state index contributed by atoms with van der Waals surface area (Å²) in [5.74, 6) is 1.09. The number of hydrogen-bond donors (Lipinski definition) is 2. The maximum Gasteiger partial charge on any atom is 0.243 e. The van der Waals surface area contributed by atoms with Crippen LogP contribution >= 0.6 is 0 Å². The molecule has 0 heterocycles. The van der Waals surface area contributed by atoms with Gasteiger partial charge in [0.25, 0.3) is 0 Å². The average molecular weight is 304 g/mol. The fraction of sp³-hybridized carbons (Fsp3) is 0.529. The van der Waals surface area contributed by atoms with Crippen molar-refractivity contribution in [3.05, 3.63) is 24.3 Å². The lowest BCUT2D eigenvalue weighted by Crippen LogP contribution is -2.32. The van der Waals surface area contributed by atoms with Gasteiger partial charge < -0.3 is 15.4 Å². The number of carbonyl (C=O) groups is 2. The summed E-state index contributed by atoms with van der Waals surface area (Å²) in [7, 11) is 1.57. The van der Waals surface area contributed by atoms with Gasteiger partial charge in [-0.05, 0) is 24.5 Å². The van der Waals surface area contributed by atoms with Crippen molar-refractivity contribution in [1.82, 2.24) is 5.32 Å². The van der Waals surface area contributed by atoms with Gasteiger partial charge in [-0.25, -0.2) is 0 Å². The van der Waals surface area contributed by atoms with Gasteiger partial charge in [-0.2, -0.15) is 0 Å². The second-order valence-corrected chi connectivity index (χ2v) is 5.75. The summed E-state index contributed by atoms with van der Waals surface area (Å²) in [5, 5.41) is 5.41. The smallest absolute Gasteiger partial charge is 0.243 e. The summed E-state index contributed by atoms with van der Waals surface area (Å²) in [6, 6.07) is 7.12. The normalized spacial score (nSPS) is 14.6. The topological polar surface area (TPSA) is 67.4 Å². The van der Waals surface area contributed by atoms with Gasteiger partial charge in [0.05, 0.1) is 13.7 Å². The van der Waals surface area contributed by atoms with Crippen LogP contribution in [0.15, 0.2) is 24.3 Å². The number of benzene rings is 1. The molecule has 120 valence electrons. The number of carbonyl (C=O) groups excluding carboxylic acids is 2. The van der Waals surface area contributed by atoms with E-state index in [-0.39, 0.29) is 18.4 Å². The lowest BCUT2D eigenvalue weighted by Gasteiger charge is -2.10. The lowest BCUT2D eigenvalue weighted by atomic mass is 10.0. The molecule has 0 aliphatic heterocycles. The number of methoxy groups -OCH3 is 1. The van der Waals surface area contributed by atoms with Gasteiger partial charge >= 0.3 is 0 Å². The minimum atomic E-state index is -0.234. The molecule has 0 unspecified atom stereocenters. The van der Waals surface area contributed by atoms with Crippen LogP contribution in [-0.2, 0) is 9.59 Å². The summed E-state index contributed by atoms with van der Waals surface area (Å²) in [5.41, 5.74) is 0.657. The summed E-state index contributed by atoms with van der Waals surface area (Å²) in [4.78, 5) is 23.6. The molecule has 1 aliphatic rings. The number of hydrogen-bond acceptors (Lipinski definition) is 3. The molecular formula is C17H24N2O3. The predicted octanol–water partition coefficient (Wildman–Crippen LogP) is 2.72. The summed E-state index contributed by atoms with van der Waals surface area (Å²) < 4.78 is 5.09. The van der Waals surface area contributed by atoms with Gasteiger partial charge in [-0.1, -0.05) is 31.7 Å². The Morgan fingerprint density at radius 1 is 1.23 bits per heavy atom. The molecule has 2 amide bonds. The van der Waals surface area contributed by atoms with Crippen molar-refractivity contribution in [1.29, 1.82) is 0 Å². The molecule has 2 rings (SSSR count). The van der Waals surface area contributed by atoms with E-state index in [1.54, 1.807) is 31.4 Å².